The molecule has 0 aromatic heterocycles. The van der Waals surface area contributed by atoms with Crippen molar-refractivity contribution in [2.75, 3.05) is 25.6 Å². The van der Waals surface area contributed by atoms with Gasteiger partial charge in [0, 0.05) is 18.3 Å². The maximum absolute atomic E-state index is 13.3. The fourth-order valence-corrected chi connectivity index (χ4v) is 4.80. The summed E-state index contributed by atoms with van der Waals surface area (Å²) in [6.45, 7) is 6.44. The summed E-state index contributed by atoms with van der Waals surface area (Å²) in [6, 6.07) is 9.68. The summed E-state index contributed by atoms with van der Waals surface area (Å²) in [5.41, 5.74) is 2.17. The van der Waals surface area contributed by atoms with Crippen molar-refractivity contribution in [1.82, 2.24) is 4.90 Å². The number of ether oxygens (including phenoxy) is 2. The molecule has 0 saturated carbocycles. The number of esters is 1. The minimum atomic E-state index is -1.18. The van der Waals surface area contributed by atoms with Crippen LogP contribution in [0.2, 0.25) is 5.02 Å². The number of piperidine rings is 1. The Morgan fingerprint density at radius 2 is 1.97 bits per heavy atom. The molecule has 9 heteroatoms. The number of benzene rings is 2. The first-order valence-electron chi connectivity index (χ1n) is 12.0. The molecule has 1 amide bonds. The molecule has 0 spiro atoms. The van der Waals surface area contributed by atoms with Crippen molar-refractivity contribution < 1.29 is 29.0 Å². The first-order valence-corrected chi connectivity index (χ1v) is 12.4. The fraction of sp³-hybridized carbons (Fsp3) is 0.444. The number of methoxy groups -OCH3 is 1. The minimum Gasteiger partial charge on any atom is -0.481 e. The number of carbonyl (C=O) groups excluding carboxylic acids is 2. The summed E-state index contributed by atoms with van der Waals surface area (Å²) in [6.07, 6.45) is 2.42. The van der Waals surface area contributed by atoms with Gasteiger partial charge in [-0.2, -0.15) is 0 Å². The van der Waals surface area contributed by atoms with Crippen LogP contribution in [0, 0.1) is 12.8 Å². The van der Waals surface area contributed by atoms with E-state index in [2.05, 4.69) is 19.2 Å². The predicted octanol–water partition coefficient (Wildman–Crippen LogP) is 5.03. The van der Waals surface area contributed by atoms with E-state index in [1.165, 1.54) is 25.3 Å². The highest BCUT2D eigenvalue weighted by atomic mass is 35.5. The second-order valence-corrected chi connectivity index (χ2v) is 9.82. The van der Waals surface area contributed by atoms with Gasteiger partial charge in [-0.05, 0) is 61.9 Å². The third kappa shape index (κ3) is 6.49. The molecule has 1 aliphatic rings. The van der Waals surface area contributed by atoms with Gasteiger partial charge in [0.2, 0.25) is 0 Å². The van der Waals surface area contributed by atoms with Crippen LogP contribution in [-0.2, 0) is 9.53 Å². The van der Waals surface area contributed by atoms with E-state index >= 15 is 0 Å². The van der Waals surface area contributed by atoms with Crippen molar-refractivity contribution in [2.45, 2.75) is 52.1 Å². The SMILES string of the molecule is COC(=O)c1ccc(C)c(N[C@H]2CCCN(C(=O)COc3c(Cl)cccc3C(=O)O)[C@H]2CC(C)C)c1. The zero-order valence-electron chi connectivity index (χ0n) is 21.0. The smallest absolute Gasteiger partial charge is 0.339 e. The van der Waals surface area contributed by atoms with Crippen molar-refractivity contribution in [1.29, 1.82) is 0 Å². The van der Waals surface area contributed by atoms with Crippen LogP contribution in [0.15, 0.2) is 36.4 Å². The normalized spacial score (nSPS) is 17.6. The van der Waals surface area contributed by atoms with Crippen LogP contribution in [-0.4, -0.2) is 60.2 Å². The molecule has 194 valence electrons. The van der Waals surface area contributed by atoms with Gasteiger partial charge in [-0.1, -0.05) is 37.6 Å². The molecular weight excluding hydrogens is 484 g/mol. The quantitative estimate of drug-likeness (QED) is 0.450. The molecule has 0 aliphatic carbocycles. The largest absolute Gasteiger partial charge is 0.481 e. The van der Waals surface area contributed by atoms with Gasteiger partial charge in [-0.3, -0.25) is 4.79 Å². The molecule has 1 saturated heterocycles. The number of nitrogens with zero attached hydrogens (tertiary/aromatic N) is 1. The maximum atomic E-state index is 13.3. The molecular formula is C27H33ClN2O6. The first-order chi connectivity index (χ1) is 17.1. The van der Waals surface area contributed by atoms with Gasteiger partial charge in [0.1, 0.15) is 5.56 Å². The number of hydrogen-bond acceptors (Lipinski definition) is 6. The highest BCUT2D eigenvalue weighted by Gasteiger charge is 2.35. The van der Waals surface area contributed by atoms with Gasteiger partial charge < -0.3 is 24.8 Å². The highest BCUT2D eigenvalue weighted by molar-refractivity contribution is 6.32. The zero-order chi connectivity index (χ0) is 26.4. The van der Waals surface area contributed by atoms with E-state index in [1.807, 2.05) is 17.9 Å². The molecule has 0 radical (unpaired) electrons. The van der Waals surface area contributed by atoms with Crippen LogP contribution < -0.4 is 10.1 Å². The summed E-state index contributed by atoms with van der Waals surface area (Å²) in [7, 11) is 1.35. The molecule has 3 rings (SSSR count). The van der Waals surface area contributed by atoms with E-state index in [-0.39, 0.29) is 40.9 Å². The Balaban J connectivity index is 1.81. The number of nitrogens with one attached hydrogen (secondary N) is 1. The number of para-hydroxylation sites is 1. The van der Waals surface area contributed by atoms with Gasteiger partial charge in [0.05, 0.1) is 23.7 Å². The first kappa shape index (κ1) is 27.3. The molecule has 2 aromatic carbocycles. The van der Waals surface area contributed by atoms with E-state index < -0.39 is 11.9 Å². The van der Waals surface area contributed by atoms with Gasteiger partial charge in [0.25, 0.3) is 5.91 Å². The maximum Gasteiger partial charge on any atom is 0.339 e. The molecule has 1 heterocycles. The van der Waals surface area contributed by atoms with Gasteiger partial charge in [-0.25, -0.2) is 9.59 Å². The Kier molecular flexibility index (Phi) is 9.20. The summed E-state index contributed by atoms with van der Waals surface area (Å²) >= 11 is 6.16. The van der Waals surface area contributed by atoms with Crippen LogP contribution in [0.5, 0.6) is 5.75 Å². The lowest BCUT2D eigenvalue weighted by Crippen LogP contribution is -2.55. The summed E-state index contributed by atoms with van der Waals surface area (Å²) < 4.78 is 10.5. The van der Waals surface area contributed by atoms with E-state index in [9.17, 15) is 19.5 Å². The van der Waals surface area contributed by atoms with E-state index in [0.717, 1.165) is 30.5 Å². The number of aromatic carboxylic acids is 1. The van der Waals surface area contributed by atoms with Gasteiger partial charge in [0.15, 0.2) is 12.4 Å². The molecule has 36 heavy (non-hydrogen) atoms. The molecule has 2 N–H and O–H groups in total. The summed E-state index contributed by atoms with van der Waals surface area (Å²) in [5.74, 6) is -1.50. The minimum absolute atomic E-state index is 0.0117. The Morgan fingerprint density at radius 3 is 2.64 bits per heavy atom. The lowest BCUT2D eigenvalue weighted by Gasteiger charge is -2.43. The monoisotopic (exact) mass is 516 g/mol. The number of carboxylic acids is 1. The van der Waals surface area contributed by atoms with Crippen molar-refractivity contribution >= 4 is 35.1 Å². The molecule has 2 atom stereocenters. The van der Waals surface area contributed by atoms with Crippen molar-refractivity contribution in [3.05, 3.63) is 58.1 Å². The number of halogens is 1. The average molecular weight is 517 g/mol. The second kappa shape index (κ2) is 12.1. The van der Waals surface area contributed by atoms with Crippen LogP contribution in [0.25, 0.3) is 0 Å². The van der Waals surface area contributed by atoms with Crippen LogP contribution in [0.3, 0.4) is 0 Å². The Morgan fingerprint density at radius 1 is 1.22 bits per heavy atom. The number of anilines is 1. The van der Waals surface area contributed by atoms with E-state index in [0.29, 0.717) is 18.0 Å². The predicted molar refractivity (Wildman–Crippen MR) is 138 cm³/mol. The molecule has 0 bridgehead atoms. The topological polar surface area (TPSA) is 105 Å². The molecule has 1 fully saturated rings. The number of likely N-dealkylation sites (tertiary alicyclic amines) is 1. The van der Waals surface area contributed by atoms with E-state index in [1.54, 1.807) is 12.1 Å². The third-order valence-electron chi connectivity index (χ3n) is 6.35. The lowest BCUT2D eigenvalue weighted by molar-refractivity contribution is -0.137. The zero-order valence-corrected chi connectivity index (χ0v) is 21.8. The van der Waals surface area contributed by atoms with Crippen LogP contribution in [0.4, 0.5) is 5.69 Å². The molecule has 0 unspecified atom stereocenters. The molecule has 1 aliphatic heterocycles. The number of aryl methyl sites for hydroxylation is 1. The number of hydrogen-bond donors (Lipinski definition) is 2. The van der Waals surface area contributed by atoms with Crippen molar-refractivity contribution in [3.63, 3.8) is 0 Å². The highest BCUT2D eigenvalue weighted by Crippen LogP contribution is 2.31. The second-order valence-electron chi connectivity index (χ2n) is 9.41. The number of carboxylic acid groups (broad SMARTS) is 1. The third-order valence-corrected chi connectivity index (χ3v) is 6.65. The molecule has 8 nitrogen and oxygen atoms in total. The summed E-state index contributed by atoms with van der Waals surface area (Å²) in [4.78, 5) is 38.7. The fourth-order valence-electron chi connectivity index (χ4n) is 4.57. The van der Waals surface area contributed by atoms with Gasteiger partial charge in [-0.15, -0.1) is 0 Å². The van der Waals surface area contributed by atoms with Crippen LogP contribution >= 0.6 is 11.6 Å². The number of rotatable bonds is 9. The van der Waals surface area contributed by atoms with Crippen molar-refractivity contribution in [2.24, 2.45) is 5.92 Å². The number of carbonyl (C=O) groups is 3. The van der Waals surface area contributed by atoms with E-state index in [4.69, 9.17) is 21.1 Å². The number of amides is 1. The Hall–Kier alpha value is -3.26. The lowest BCUT2D eigenvalue weighted by atomic mass is 9.89. The summed E-state index contributed by atoms with van der Waals surface area (Å²) in [5, 5.41) is 13.2. The van der Waals surface area contributed by atoms with Gasteiger partial charge >= 0.3 is 11.9 Å². The van der Waals surface area contributed by atoms with Crippen LogP contribution in [0.1, 0.15) is 59.4 Å². The Bertz CT molecular complexity index is 1120. The standard InChI is InChI=1S/C27H33ClN2O6/c1-16(2)13-23-21(29-22-14-18(27(34)35-4)11-10-17(22)3)9-6-12-30(23)24(31)15-36-25-19(26(32)33)7-5-8-20(25)28/h5,7-8,10-11,14,16,21,23,29H,6,9,12-13,15H2,1-4H3,(H,32,33)/t21-,23-/m0/s1. The molecule has 2 aromatic rings. The Labute approximate surface area is 216 Å². The van der Waals surface area contributed by atoms with Crippen molar-refractivity contribution in [3.8, 4) is 5.75 Å². The average Bonchev–Trinajstić information content (AvgIpc) is 2.84.